The van der Waals surface area contributed by atoms with Crippen molar-refractivity contribution >= 4 is 28.3 Å². The molecule has 2 saturated heterocycles. The third kappa shape index (κ3) is 4.71. The van der Waals surface area contributed by atoms with Gasteiger partial charge in [-0.15, -0.1) is 12.4 Å². The summed E-state index contributed by atoms with van der Waals surface area (Å²) in [5, 5.41) is 2.97. The first-order valence-electron chi connectivity index (χ1n) is 8.23. The Morgan fingerprint density at radius 3 is 2.56 bits per heavy atom. The third-order valence-electron chi connectivity index (χ3n) is 4.59. The molecule has 2 aliphatic rings. The van der Waals surface area contributed by atoms with Gasteiger partial charge in [-0.3, -0.25) is 9.78 Å². The number of piperazine rings is 1. The zero-order chi connectivity index (χ0) is 18.9. The molecule has 2 fully saturated rings. The van der Waals surface area contributed by atoms with Gasteiger partial charge in [-0.2, -0.15) is 17.5 Å². The second kappa shape index (κ2) is 8.29. The summed E-state index contributed by atoms with van der Waals surface area (Å²) in [7, 11) is -3.96. The number of hydrogen-bond donors (Lipinski definition) is 1. The Bertz CT molecular complexity index is 774. The number of nitrogens with one attached hydrogen (secondary N) is 1. The van der Waals surface area contributed by atoms with Crippen molar-refractivity contribution in [1.29, 1.82) is 0 Å². The molecule has 1 N–H and O–H groups in total. The monoisotopic (exact) mass is 428 g/mol. The van der Waals surface area contributed by atoms with Crippen LogP contribution >= 0.6 is 12.4 Å². The number of piperidine rings is 1. The SMILES string of the molecule is Cl.O=C1CNCCN1C1CCCN(S(=O)(=O)c2ccc(C(F)(F)F)nc2)C1. The fraction of sp³-hybridized carbons (Fsp3) is 0.600. The average molecular weight is 429 g/mol. The summed E-state index contributed by atoms with van der Waals surface area (Å²) in [5.74, 6) is -0.0725. The van der Waals surface area contributed by atoms with Crippen LogP contribution in [0.5, 0.6) is 0 Å². The van der Waals surface area contributed by atoms with Gasteiger partial charge in [-0.25, -0.2) is 8.42 Å². The lowest BCUT2D eigenvalue weighted by molar-refractivity contribution is -0.141. The van der Waals surface area contributed by atoms with Crippen LogP contribution in [-0.4, -0.2) is 67.3 Å². The molecule has 152 valence electrons. The molecule has 27 heavy (non-hydrogen) atoms. The summed E-state index contributed by atoms with van der Waals surface area (Å²) in [6, 6.07) is 1.36. The van der Waals surface area contributed by atoms with E-state index in [1.54, 1.807) is 4.90 Å². The van der Waals surface area contributed by atoms with E-state index in [-0.39, 0.29) is 48.9 Å². The molecule has 1 atom stereocenters. The second-order valence-electron chi connectivity index (χ2n) is 6.30. The fourth-order valence-electron chi connectivity index (χ4n) is 3.25. The highest BCUT2D eigenvalue weighted by Gasteiger charge is 2.36. The molecule has 0 bridgehead atoms. The quantitative estimate of drug-likeness (QED) is 0.779. The maximum Gasteiger partial charge on any atom is 0.433 e. The van der Waals surface area contributed by atoms with Gasteiger partial charge in [0.25, 0.3) is 0 Å². The zero-order valence-corrected chi connectivity index (χ0v) is 15.9. The first-order valence-corrected chi connectivity index (χ1v) is 9.67. The van der Waals surface area contributed by atoms with Crippen LogP contribution in [0.4, 0.5) is 13.2 Å². The van der Waals surface area contributed by atoms with E-state index in [0.29, 0.717) is 32.0 Å². The van der Waals surface area contributed by atoms with E-state index < -0.39 is 21.9 Å². The number of amides is 1. The van der Waals surface area contributed by atoms with E-state index in [4.69, 9.17) is 0 Å². The minimum Gasteiger partial charge on any atom is -0.336 e. The number of carbonyl (C=O) groups excluding carboxylic acids is 1. The van der Waals surface area contributed by atoms with Gasteiger partial charge in [0.2, 0.25) is 15.9 Å². The van der Waals surface area contributed by atoms with Gasteiger partial charge >= 0.3 is 6.18 Å². The number of sulfonamides is 1. The van der Waals surface area contributed by atoms with E-state index in [1.807, 2.05) is 0 Å². The Morgan fingerprint density at radius 1 is 1.22 bits per heavy atom. The van der Waals surface area contributed by atoms with Crippen molar-refractivity contribution < 1.29 is 26.4 Å². The lowest BCUT2D eigenvalue weighted by atomic mass is 10.1. The number of nitrogens with zero attached hydrogens (tertiary/aromatic N) is 3. The summed E-state index contributed by atoms with van der Waals surface area (Å²) in [5.41, 5.74) is -1.14. The Labute approximate surface area is 161 Å². The van der Waals surface area contributed by atoms with E-state index in [9.17, 15) is 26.4 Å². The molecule has 2 aliphatic heterocycles. The van der Waals surface area contributed by atoms with E-state index in [0.717, 1.165) is 12.3 Å². The number of carbonyl (C=O) groups is 1. The Balaban J connectivity index is 0.00000261. The first kappa shape index (κ1) is 21.9. The second-order valence-corrected chi connectivity index (χ2v) is 8.24. The van der Waals surface area contributed by atoms with Crippen LogP contribution in [0, 0.1) is 0 Å². The first-order chi connectivity index (χ1) is 12.2. The molecule has 3 rings (SSSR count). The highest BCUT2D eigenvalue weighted by atomic mass is 35.5. The largest absolute Gasteiger partial charge is 0.433 e. The molecule has 0 spiro atoms. The van der Waals surface area contributed by atoms with Gasteiger partial charge in [-0.05, 0) is 25.0 Å². The number of rotatable bonds is 3. The third-order valence-corrected chi connectivity index (χ3v) is 6.44. The summed E-state index contributed by atoms with van der Waals surface area (Å²) in [6.45, 7) is 1.79. The van der Waals surface area contributed by atoms with Gasteiger partial charge in [0.05, 0.1) is 6.54 Å². The highest BCUT2D eigenvalue weighted by molar-refractivity contribution is 7.89. The predicted molar refractivity (Wildman–Crippen MR) is 92.9 cm³/mol. The molecule has 0 aliphatic carbocycles. The van der Waals surface area contributed by atoms with Gasteiger partial charge < -0.3 is 10.2 Å². The molecule has 0 aromatic carbocycles. The molecule has 1 aromatic rings. The van der Waals surface area contributed by atoms with E-state index in [2.05, 4.69) is 10.3 Å². The van der Waals surface area contributed by atoms with Crippen molar-refractivity contribution in [3.05, 3.63) is 24.0 Å². The molecule has 1 aromatic heterocycles. The van der Waals surface area contributed by atoms with E-state index in [1.165, 1.54) is 4.31 Å². The molecule has 12 heteroatoms. The summed E-state index contributed by atoms with van der Waals surface area (Å²) in [6.07, 6.45) is -2.61. The molecule has 3 heterocycles. The maximum atomic E-state index is 12.7. The predicted octanol–water partition coefficient (Wildman–Crippen LogP) is 1.11. The lowest BCUT2D eigenvalue weighted by Crippen LogP contribution is -2.57. The number of alkyl halides is 3. The normalized spacial score (nSPS) is 22.4. The van der Waals surface area contributed by atoms with Crippen LogP contribution < -0.4 is 5.32 Å². The van der Waals surface area contributed by atoms with Gasteiger partial charge in [0.15, 0.2) is 0 Å². The molecule has 0 radical (unpaired) electrons. The maximum absolute atomic E-state index is 12.7. The number of hydrogen-bond acceptors (Lipinski definition) is 5. The van der Waals surface area contributed by atoms with Crippen LogP contribution in [0.2, 0.25) is 0 Å². The van der Waals surface area contributed by atoms with Crippen molar-refractivity contribution in [3.63, 3.8) is 0 Å². The summed E-state index contributed by atoms with van der Waals surface area (Å²) in [4.78, 5) is 16.7. The molecule has 1 amide bonds. The molecular formula is C15H20ClF3N4O3S. The van der Waals surface area contributed by atoms with Crippen LogP contribution in [0.15, 0.2) is 23.2 Å². The van der Waals surface area contributed by atoms with Crippen molar-refractivity contribution in [2.45, 2.75) is 30.0 Å². The summed E-state index contributed by atoms with van der Waals surface area (Å²) < 4.78 is 64.5. The standard InChI is InChI=1S/C15H19F3N4O3S.ClH/c16-15(17,18)13-4-3-12(8-20-13)26(24,25)21-6-1-2-11(10-21)22-7-5-19-9-14(22)23;/h3-4,8,11,19H,1-2,5-7,9-10H2;1H. The Kier molecular flexibility index (Phi) is 6.72. The van der Waals surface area contributed by atoms with Crippen LogP contribution in [0.3, 0.4) is 0 Å². The zero-order valence-electron chi connectivity index (χ0n) is 14.3. The van der Waals surface area contributed by atoms with Crippen molar-refractivity contribution in [2.24, 2.45) is 0 Å². The fourth-order valence-corrected chi connectivity index (χ4v) is 4.71. The van der Waals surface area contributed by atoms with Crippen molar-refractivity contribution in [1.82, 2.24) is 19.5 Å². The van der Waals surface area contributed by atoms with Crippen LogP contribution in [-0.2, 0) is 21.0 Å². The van der Waals surface area contributed by atoms with Crippen molar-refractivity contribution in [3.8, 4) is 0 Å². The van der Waals surface area contributed by atoms with Gasteiger partial charge in [0, 0.05) is 38.4 Å². The highest BCUT2D eigenvalue weighted by Crippen LogP contribution is 2.29. The Hall–Kier alpha value is -1.43. The van der Waals surface area contributed by atoms with E-state index >= 15 is 0 Å². The molecule has 0 saturated carbocycles. The van der Waals surface area contributed by atoms with Gasteiger partial charge in [-0.1, -0.05) is 0 Å². The topological polar surface area (TPSA) is 82.6 Å². The Morgan fingerprint density at radius 2 is 1.96 bits per heavy atom. The van der Waals surface area contributed by atoms with Gasteiger partial charge in [0.1, 0.15) is 10.6 Å². The average Bonchev–Trinajstić information content (AvgIpc) is 2.61. The van der Waals surface area contributed by atoms with Crippen LogP contribution in [0.25, 0.3) is 0 Å². The molecule has 7 nitrogen and oxygen atoms in total. The van der Waals surface area contributed by atoms with Crippen LogP contribution in [0.1, 0.15) is 18.5 Å². The summed E-state index contributed by atoms with van der Waals surface area (Å²) >= 11 is 0. The minimum atomic E-state index is -4.62. The molecule has 1 unspecified atom stereocenters. The number of halogens is 4. The lowest BCUT2D eigenvalue weighted by Gasteiger charge is -2.40. The smallest absolute Gasteiger partial charge is 0.336 e. The van der Waals surface area contributed by atoms with Crippen molar-refractivity contribution in [2.75, 3.05) is 32.7 Å². The number of aromatic nitrogens is 1. The number of pyridine rings is 1. The molecular weight excluding hydrogens is 409 g/mol. The minimum absolute atomic E-state index is 0.